The smallest absolute Gasteiger partial charge is 0.345 e. The zero-order valence-corrected chi connectivity index (χ0v) is 17.1. The molecule has 4 rings (SSSR count). The van der Waals surface area contributed by atoms with Gasteiger partial charge in [0.05, 0.1) is 12.8 Å². The number of hydrogen-bond acceptors (Lipinski definition) is 5. The fourth-order valence-corrected chi connectivity index (χ4v) is 3.86. The molecular formula is C20H19N5O4S. The molecular weight excluding hydrogens is 406 g/mol. The van der Waals surface area contributed by atoms with Crippen LogP contribution in [-0.2, 0) is 21.5 Å². The first-order chi connectivity index (χ1) is 14.3. The second-order valence-electron chi connectivity index (χ2n) is 6.71. The number of likely N-dealkylation sites (N-methyl/N-ethyl adjacent to an activating group) is 1. The lowest BCUT2D eigenvalue weighted by Crippen LogP contribution is -2.35. The Morgan fingerprint density at radius 2 is 1.97 bits per heavy atom. The molecule has 0 atom stereocenters. The van der Waals surface area contributed by atoms with Gasteiger partial charge in [-0.05, 0) is 36.3 Å². The zero-order valence-electron chi connectivity index (χ0n) is 16.3. The summed E-state index contributed by atoms with van der Waals surface area (Å²) in [6.45, 7) is 2.57. The summed E-state index contributed by atoms with van der Waals surface area (Å²) in [4.78, 5) is 12.8. The monoisotopic (exact) mass is 425 g/mol. The second-order valence-corrected chi connectivity index (χ2v) is 8.33. The van der Waals surface area contributed by atoms with Crippen LogP contribution in [0, 0.1) is 6.92 Å². The maximum Gasteiger partial charge on any atom is 0.345 e. The number of carbonyl (C=O) groups is 1. The molecule has 1 aliphatic heterocycles. The van der Waals surface area contributed by atoms with E-state index in [1.165, 1.54) is 19.4 Å². The highest BCUT2D eigenvalue weighted by Crippen LogP contribution is 2.21. The predicted octanol–water partition coefficient (Wildman–Crippen LogP) is 2.33. The molecule has 1 aromatic carbocycles. The summed E-state index contributed by atoms with van der Waals surface area (Å²) >= 11 is 0. The van der Waals surface area contributed by atoms with Gasteiger partial charge in [-0.3, -0.25) is 9.48 Å². The summed E-state index contributed by atoms with van der Waals surface area (Å²) in [5, 5.41) is 6.99. The lowest BCUT2D eigenvalue weighted by molar-refractivity contribution is -0.113. The molecule has 154 valence electrons. The first kappa shape index (κ1) is 19.6. The SMILES string of the molecule is Cc1ccccc1Cn1ccc(NC(=O)C2=CC(c3ccco3)=NS(=O)(=O)N2C)n1. The van der Waals surface area contributed by atoms with E-state index in [1.54, 1.807) is 29.1 Å². The Labute approximate surface area is 173 Å². The third-order valence-electron chi connectivity index (χ3n) is 4.65. The van der Waals surface area contributed by atoms with Gasteiger partial charge in [-0.2, -0.15) is 13.5 Å². The van der Waals surface area contributed by atoms with Crippen molar-refractivity contribution in [1.29, 1.82) is 0 Å². The second kappa shape index (κ2) is 7.64. The summed E-state index contributed by atoms with van der Waals surface area (Å²) in [6, 6.07) is 12.8. The minimum atomic E-state index is -4.06. The van der Waals surface area contributed by atoms with E-state index in [2.05, 4.69) is 14.8 Å². The van der Waals surface area contributed by atoms with Crippen molar-refractivity contribution >= 4 is 27.6 Å². The number of aryl methyl sites for hydroxylation is 1. The Hall–Kier alpha value is -3.66. The van der Waals surface area contributed by atoms with Gasteiger partial charge >= 0.3 is 10.2 Å². The lowest BCUT2D eigenvalue weighted by atomic mass is 10.1. The van der Waals surface area contributed by atoms with Gasteiger partial charge in [0.25, 0.3) is 5.91 Å². The van der Waals surface area contributed by atoms with Crippen molar-refractivity contribution in [3.05, 3.63) is 83.6 Å². The van der Waals surface area contributed by atoms with Gasteiger partial charge in [0.1, 0.15) is 11.4 Å². The fourth-order valence-electron chi connectivity index (χ4n) is 2.96. The summed E-state index contributed by atoms with van der Waals surface area (Å²) < 4.78 is 36.1. The van der Waals surface area contributed by atoms with Crippen molar-refractivity contribution < 1.29 is 17.6 Å². The molecule has 0 saturated carbocycles. The molecule has 30 heavy (non-hydrogen) atoms. The normalized spacial score (nSPS) is 15.5. The van der Waals surface area contributed by atoms with Gasteiger partial charge in [-0.1, -0.05) is 24.3 Å². The quantitative estimate of drug-likeness (QED) is 0.675. The van der Waals surface area contributed by atoms with Crippen LogP contribution in [0.3, 0.4) is 0 Å². The highest BCUT2D eigenvalue weighted by molar-refractivity contribution is 7.88. The van der Waals surface area contributed by atoms with Gasteiger partial charge in [0.15, 0.2) is 11.6 Å². The van der Waals surface area contributed by atoms with E-state index in [1.807, 2.05) is 31.2 Å². The van der Waals surface area contributed by atoms with Crippen molar-refractivity contribution in [2.75, 3.05) is 12.4 Å². The maximum absolute atomic E-state index is 12.8. The molecule has 0 radical (unpaired) electrons. The van der Waals surface area contributed by atoms with Gasteiger partial charge in [0.2, 0.25) is 0 Å². The summed E-state index contributed by atoms with van der Waals surface area (Å²) in [6.07, 6.45) is 4.50. The number of aromatic nitrogens is 2. The molecule has 1 aliphatic rings. The van der Waals surface area contributed by atoms with Gasteiger partial charge in [-0.25, -0.2) is 4.31 Å². The van der Waals surface area contributed by atoms with Crippen molar-refractivity contribution in [2.24, 2.45) is 4.40 Å². The average molecular weight is 425 g/mol. The number of rotatable bonds is 5. The zero-order chi connectivity index (χ0) is 21.3. The van der Waals surface area contributed by atoms with Crippen molar-refractivity contribution in [3.63, 3.8) is 0 Å². The van der Waals surface area contributed by atoms with Crippen LogP contribution in [0.4, 0.5) is 5.82 Å². The molecule has 0 bridgehead atoms. The topological polar surface area (TPSA) is 110 Å². The number of hydrogen-bond donors (Lipinski definition) is 1. The molecule has 0 saturated heterocycles. The Morgan fingerprint density at radius 1 is 1.17 bits per heavy atom. The summed E-state index contributed by atoms with van der Waals surface area (Å²) in [5.41, 5.74) is 2.21. The van der Waals surface area contributed by atoms with Crippen molar-refractivity contribution in [2.45, 2.75) is 13.5 Å². The maximum atomic E-state index is 12.8. The van der Waals surface area contributed by atoms with Crippen LogP contribution in [0.15, 0.2) is 75.5 Å². The molecule has 0 fully saturated rings. The third-order valence-corrected chi connectivity index (χ3v) is 5.97. The number of nitrogens with zero attached hydrogens (tertiary/aromatic N) is 4. The summed E-state index contributed by atoms with van der Waals surface area (Å²) in [5.74, 6) is -0.0667. The van der Waals surface area contributed by atoms with Crippen LogP contribution in [0.5, 0.6) is 0 Å². The van der Waals surface area contributed by atoms with E-state index in [0.717, 1.165) is 15.4 Å². The third kappa shape index (κ3) is 3.90. The Balaban J connectivity index is 1.54. The van der Waals surface area contributed by atoms with E-state index in [4.69, 9.17) is 4.42 Å². The molecule has 2 aromatic heterocycles. The summed E-state index contributed by atoms with van der Waals surface area (Å²) in [7, 11) is -2.79. The fraction of sp³-hybridized carbons (Fsp3) is 0.150. The van der Waals surface area contributed by atoms with E-state index in [9.17, 15) is 13.2 Å². The highest BCUT2D eigenvalue weighted by atomic mass is 32.2. The largest absolute Gasteiger partial charge is 0.463 e. The molecule has 1 amide bonds. The molecule has 1 N–H and O–H groups in total. The molecule has 10 heteroatoms. The number of nitrogens with one attached hydrogen (secondary N) is 1. The lowest BCUT2D eigenvalue weighted by Gasteiger charge is -2.22. The van der Waals surface area contributed by atoms with Crippen LogP contribution in [0.25, 0.3) is 0 Å². The van der Waals surface area contributed by atoms with Crippen LogP contribution in [-0.4, -0.2) is 41.2 Å². The molecule has 0 spiro atoms. The van der Waals surface area contributed by atoms with Crippen LogP contribution in [0.2, 0.25) is 0 Å². The average Bonchev–Trinajstić information content (AvgIpc) is 3.38. The van der Waals surface area contributed by atoms with Crippen LogP contribution < -0.4 is 5.32 Å². The Bertz CT molecular complexity index is 1260. The van der Waals surface area contributed by atoms with Crippen LogP contribution >= 0.6 is 0 Å². The first-order valence-corrected chi connectivity index (χ1v) is 10.5. The number of anilines is 1. The van der Waals surface area contributed by atoms with Gasteiger partial charge in [0, 0.05) is 19.3 Å². The molecule has 0 unspecified atom stereocenters. The number of amides is 1. The van der Waals surface area contributed by atoms with E-state index >= 15 is 0 Å². The first-order valence-electron chi connectivity index (χ1n) is 9.07. The number of allylic oxidation sites excluding steroid dienone is 1. The molecule has 0 aliphatic carbocycles. The number of carbonyl (C=O) groups excluding carboxylic acids is 1. The van der Waals surface area contributed by atoms with E-state index < -0.39 is 16.1 Å². The van der Waals surface area contributed by atoms with Crippen LogP contribution in [0.1, 0.15) is 16.9 Å². The van der Waals surface area contributed by atoms with Crippen molar-refractivity contribution in [3.8, 4) is 0 Å². The Kier molecular flexibility index (Phi) is 5.00. The molecule has 9 nitrogen and oxygen atoms in total. The standard InChI is InChI=1S/C20H19N5O4S/c1-14-6-3-4-7-15(14)13-25-10-9-19(22-25)21-20(26)17-12-16(18-8-5-11-29-18)23-30(27,28)24(17)2/h3-12H,13H2,1-2H3,(H,21,22,26). The minimum Gasteiger partial charge on any atom is -0.463 e. The highest BCUT2D eigenvalue weighted by Gasteiger charge is 2.31. The van der Waals surface area contributed by atoms with Gasteiger partial charge < -0.3 is 9.73 Å². The van der Waals surface area contributed by atoms with E-state index in [-0.39, 0.29) is 17.2 Å². The minimum absolute atomic E-state index is 0.0494. The predicted molar refractivity (Wildman–Crippen MR) is 111 cm³/mol. The van der Waals surface area contributed by atoms with E-state index in [0.29, 0.717) is 12.4 Å². The van der Waals surface area contributed by atoms with Crippen molar-refractivity contribution in [1.82, 2.24) is 14.1 Å². The van der Waals surface area contributed by atoms with Gasteiger partial charge in [-0.15, -0.1) is 4.40 Å². The number of benzene rings is 1. The molecule has 3 aromatic rings. The number of furan rings is 1. The molecule has 3 heterocycles. The Morgan fingerprint density at radius 3 is 2.70 bits per heavy atom.